The predicted molar refractivity (Wildman–Crippen MR) is 94.8 cm³/mol. The number of benzene rings is 1. The lowest BCUT2D eigenvalue weighted by Gasteiger charge is -2.11. The Balaban J connectivity index is 1.44. The summed E-state index contributed by atoms with van der Waals surface area (Å²) in [5.41, 5.74) is 2.45. The van der Waals surface area contributed by atoms with Crippen molar-refractivity contribution >= 4 is 11.8 Å². The van der Waals surface area contributed by atoms with Crippen molar-refractivity contribution in [1.29, 1.82) is 0 Å². The van der Waals surface area contributed by atoms with Gasteiger partial charge in [-0.05, 0) is 30.5 Å². The number of carbonyl (C=O) groups excluding carboxylic acids is 2. The van der Waals surface area contributed by atoms with Gasteiger partial charge in [-0.1, -0.05) is 25.0 Å². The van der Waals surface area contributed by atoms with Gasteiger partial charge in [0.05, 0.1) is 0 Å². The van der Waals surface area contributed by atoms with Crippen molar-refractivity contribution in [2.75, 3.05) is 13.1 Å². The van der Waals surface area contributed by atoms with Gasteiger partial charge in [0.25, 0.3) is 5.91 Å². The minimum Gasteiger partial charge on any atom is -0.354 e. The highest BCUT2D eigenvalue weighted by atomic mass is 16.2. The molecule has 25 heavy (non-hydrogen) atoms. The molecule has 1 heterocycles. The van der Waals surface area contributed by atoms with Gasteiger partial charge < -0.3 is 10.6 Å². The van der Waals surface area contributed by atoms with Crippen LogP contribution in [-0.2, 0) is 4.79 Å². The number of hydrogen-bond donors (Lipinski definition) is 2. The molecule has 0 atom stereocenters. The Bertz CT molecular complexity index is 710. The van der Waals surface area contributed by atoms with Crippen LogP contribution in [0.5, 0.6) is 0 Å². The van der Waals surface area contributed by atoms with E-state index in [1.165, 1.54) is 6.33 Å². The fourth-order valence-electron chi connectivity index (χ4n) is 3.06. The Morgan fingerprint density at radius 1 is 0.920 bits per heavy atom. The zero-order valence-electron chi connectivity index (χ0n) is 14.1. The van der Waals surface area contributed by atoms with Crippen LogP contribution in [0.1, 0.15) is 36.0 Å². The summed E-state index contributed by atoms with van der Waals surface area (Å²) >= 11 is 0. The first-order valence-electron chi connectivity index (χ1n) is 8.65. The molecule has 6 nitrogen and oxygen atoms in total. The highest BCUT2D eigenvalue weighted by molar-refractivity contribution is 5.94. The monoisotopic (exact) mass is 338 g/mol. The average molecular weight is 338 g/mol. The Morgan fingerprint density at radius 2 is 1.56 bits per heavy atom. The maximum absolute atomic E-state index is 12.1. The summed E-state index contributed by atoms with van der Waals surface area (Å²) < 4.78 is 0. The maximum atomic E-state index is 12.1. The Morgan fingerprint density at radius 3 is 2.24 bits per heavy atom. The largest absolute Gasteiger partial charge is 0.354 e. The number of rotatable bonds is 6. The Labute approximate surface area is 147 Å². The van der Waals surface area contributed by atoms with E-state index in [9.17, 15) is 9.59 Å². The molecule has 0 saturated heterocycles. The number of nitrogens with zero attached hydrogens (tertiary/aromatic N) is 2. The van der Waals surface area contributed by atoms with Crippen molar-refractivity contribution in [3.63, 3.8) is 0 Å². The quantitative estimate of drug-likeness (QED) is 0.791. The van der Waals surface area contributed by atoms with Gasteiger partial charge in [-0.15, -0.1) is 0 Å². The van der Waals surface area contributed by atoms with Gasteiger partial charge in [-0.2, -0.15) is 0 Å². The fourth-order valence-corrected chi connectivity index (χ4v) is 3.06. The minimum atomic E-state index is -0.147. The number of amides is 2. The zero-order valence-corrected chi connectivity index (χ0v) is 14.1. The smallest absolute Gasteiger partial charge is 0.251 e. The molecule has 0 unspecified atom stereocenters. The maximum Gasteiger partial charge on any atom is 0.251 e. The van der Waals surface area contributed by atoms with Crippen LogP contribution in [0, 0.1) is 5.92 Å². The second-order valence-corrected chi connectivity index (χ2v) is 6.23. The van der Waals surface area contributed by atoms with Crippen molar-refractivity contribution in [2.45, 2.75) is 25.7 Å². The van der Waals surface area contributed by atoms with Crippen LogP contribution in [-0.4, -0.2) is 34.9 Å². The molecule has 2 aromatic rings. The molecule has 3 rings (SSSR count). The van der Waals surface area contributed by atoms with E-state index in [2.05, 4.69) is 20.6 Å². The van der Waals surface area contributed by atoms with Gasteiger partial charge in [0, 0.05) is 42.5 Å². The summed E-state index contributed by atoms with van der Waals surface area (Å²) in [6, 6.07) is 7.29. The van der Waals surface area contributed by atoms with Crippen LogP contribution in [0.25, 0.3) is 11.1 Å². The molecular formula is C19H22N4O2. The number of carbonyl (C=O) groups is 2. The van der Waals surface area contributed by atoms with Crippen LogP contribution < -0.4 is 10.6 Å². The van der Waals surface area contributed by atoms with E-state index in [0.717, 1.165) is 36.8 Å². The lowest BCUT2D eigenvalue weighted by atomic mass is 10.1. The van der Waals surface area contributed by atoms with Crippen LogP contribution in [0.4, 0.5) is 0 Å². The Hall–Kier alpha value is -2.76. The van der Waals surface area contributed by atoms with Crippen LogP contribution in [0.2, 0.25) is 0 Å². The van der Waals surface area contributed by atoms with Gasteiger partial charge in [0.15, 0.2) is 0 Å². The van der Waals surface area contributed by atoms with Crippen LogP contribution in [0.15, 0.2) is 43.0 Å². The van der Waals surface area contributed by atoms with E-state index in [1.54, 1.807) is 24.5 Å². The first-order valence-corrected chi connectivity index (χ1v) is 8.65. The van der Waals surface area contributed by atoms with Crippen molar-refractivity contribution < 1.29 is 9.59 Å². The summed E-state index contributed by atoms with van der Waals surface area (Å²) in [7, 11) is 0. The summed E-state index contributed by atoms with van der Waals surface area (Å²) in [4.78, 5) is 32.0. The zero-order chi connectivity index (χ0) is 17.5. The SMILES string of the molecule is O=C(NCCNC(=O)C1CCCC1)c1ccc(-c2cncnc2)cc1. The van der Waals surface area contributed by atoms with Crippen molar-refractivity contribution in [3.05, 3.63) is 48.5 Å². The molecule has 1 aliphatic carbocycles. The van der Waals surface area contributed by atoms with Gasteiger partial charge in [-0.25, -0.2) is 9.97 Å². The molecule has 0 aliphatic heterocycles. The van der Waals surface area contributed by atoms with E-state index < -0.39 is 0 Å². The minimum absolute atomic E-state index is 0.112. The van der Waals surface area contributed by atoms with Crippen molar-refractivity contribution in [2.24, 2.45) is 5.92 Å². The van der Waals surface area contributed by atoms with Gasteiger partial charge >= 0.3 is 0 Å². The van der Waals surface area contributed by atoms with E-state index in [-0.39, 0.29) is 17.7 Å². The first-order chi connectivity index (χ1) is 12.2. The molecule has 2 amide bonds. The predicted octanol–water partition coefficient (Wildman–Crippen LogP) is 2.18. The normalized spacial score (nSPS) is 14.2. The lowest BCUT2D eigenvalue weighted by Crippen LogP contribution is -2.37. The fraction of sp³-hybridized carbons (Fsp3) is 0.368. The van der Waals surface area contributed by atoms with Gasteiger partial charge in [-0.3, -0.25) is 9.59 Å². The first kappa shape index (κ1) is 17.1. The van der Waals surface area contributed by atoms with Gasteiger partial charge in [0.1, 0.15) is 6.33 Å². The molecule has 0 bridgehead atoms. The van der Waals surface area contributed by atoms with Crippen LogP contribution in [0.3, 0.4) is 0 Å². The van der Waals surface area contributed by atoms with E-state index in [1.807, 2.05) is 12.1 Å². The third-order valence-electron chi connectivity index (χ3n) is 4.48. The standard InChI is InChI=1S/C19H22N4O2/c24-18(15-3-1-2-4-15)22-9-10-23-19(25)16-7-5-14(6-8-16)17-11-20-13-21-12-17/h5-8,11-13,15H,1-4,9-10H2,(H,22,24)(H,23,25). The summed E-state index contributed by atoms with van der Waals surface area (Å²) in [6.07, 6.45) is 9.19. The second kappa shape index (κ2) is 8.37. The van der Waals surface area contributed by atoms with E-state index in [4.69, 9.17) is 0 Å². The summed E-state index contributed by atoms with van der Waals surface area (Å²) in [5.74, 6) is 0.123. The molecule has 1 saturated carbocycles. The second-order valence-electron chi connectivity index (χ2n) is 6.23. The van der Waals surface area contributed by atoms with Crippen molar-refractivity contribution in [3.8, 4) is 11.1 Å². The van der Waals surface area contributed by atoms with E-state index in [0.29, 0.717) is 18.7 Å². The summed E-state index contributed by atoms with van der Waals surface area (Å²) in [6.45, 7) is 0.881. The molecule has 130 valence electrons. The topological polar surface area (TPSA) is 84.0 Å². The third-order valence-corrected chi connectivity index (χ3v) is 4.48. The molecule has 1 fully saturated rings. The molecule has 6 heteroatoms. The van der Waals surface area contributed by atoms with Gasteiger partial charge in [0.2, 0.25) is 5.91 Å². The number of aromatic nitrogens is 2. The summed E-state index contributed by atoms with van der Waals surface area (Å²) in [5, 5.41) is 5.72. The molecule has 1 aromatic carbocycles. The number of hydrogen-bond acceptors (Lipinski definition) is 4. The molecule has 0 spiro atoms. The molecule has 1 aliphatic rings. The molecule has 1 aromatic heterocycles. The van der Waals surface area contributed by atoms with E-state index >= 15 is 0 Å². The molecule has 0 radical (unpaired) electrons. The highest BCUT2D eigenvalue weighted by Gasteiger charge is 2.21. The molecule has 2 N–H and O–H groups in total. The highest BCUT2D eigenvalue weighted by Crippen LogP contribution is 2.24. The molecular weight excluding hydrogens is 316 g/mol. The number of nitrogens with one attached hydrogen (secondary N) is 2. The third kappa shape index (κ3) is 4.62. The lowest BCUT2D eigenvalue weighted by molar-refractivity contribution is -0.124. The average Bonchev–Trinajstić information content (AvgIpc) is 3.21. The van der Waals surface area contributed by atoms with Crippen LogP contribution >= 0.6 is 0 Å². The Kier molecular flexibility index (Phi) is 5.72. The van der Waals surface area contributed by atoms with Crippen molar-refractivity contribution in [1.82, 2.24) is 20.6 Å².